The van der Waals surface area contributed by atoms with Crippen LogP contribution in [0.3, 0.4) is 0 Å². The number of piperidine rings is 1. The molecule has 0 amide bonds. The van der Waals surface area contributed by atoms with Crippen molar-refractivity contribution in [2.45, 2.75) is 46.6 Å². The van der Waals surface area contributed by atoms with Gasteiger partial charge in [0.05, 0.1) is 0 Å². The molecule has 2 heteroatoms. The number of nitrogens with one attached hydrogen (secondary N) is 1. The van der Waals surface area contributed by atoms with E-state index in [4.69, 9.17) is 0 Å². The molecule has 0 saturated carbocycles. The van der Waals surface area contributed by atoms with Crippen LogP contribution in [0.15, 0.2) is 12.1 Å². The summed E-state index contributed by atoms with van der Waals surface area (Å²) in [4.78, 5) is 2.46. The molecule has 1 saturated heterocycles. The molecule has 1 aromatic rings. The highest BCUT2D eigenvalue weighted by Gasteiger charge is 2.23. The molecule has 1 heterocycles. The van der Waals surface area contributed by atoms with Gasteiger partial charge in [-0.05, 0) is 71.2 Å². The summed E-state index contributed by atoms with van der Waals surface area (Å²) < 4.78 is 0. The lowest BCUT2D eigenvalue weighted by Crippen LogP contribution is -2.40. The second-order valence-electron chi connectivity index (χ2n) is 6.37. The maximum absolute atomic E-state index is 3.77. The summed E-state index contributed by atoms with van der Waals surface area (Å²) in [7, 11) is 2.24. The van der Waals surface area contributed by atoms with Crippen LogP contribution in [0, 0.1) is 26.7 Å². The zero-order valence-corrected chi connectivity index (χ0v) is 13.1. The van der Waals surface area contributed by atoms with Gasteiger partial charge in [-0.15, -0.1) is 0 Å². The van der Waals surface area contributed by atoms with Crippen molar-refractivity contribution >= 4 is 5.69 Å². The molecular weight excluding hydrogens is 232 g/mol. The number of likely N-dealkylation sites (tertiary alicyclic amines) is 1. The van der Waals surface area contributed by atoms with Crippen molar-refractivity contribution in [3.63, 3.8) is 0 Å². The first-order chi connectivity index (χ1) is 8.97. The Morgan fingerprint density at radius 3 is 2.42 bits per heavy atom. The van der Waals surface area contributed by atoms with Gasteiger partial charge in [-0.3, -0.25) is 0 Å². The van der Waals surface area contributed by atoms with Gasteiger partial charge in [-0.2, -0.15) is 0 Å². The zero-order chi connectivity index (χ0) is 14.0. The van der Waals surface area contributed by atoms with Crippen LogP contribution in [0.5, 0.6) is 0 Å². The third-order valence-corrected chi connectivity index (χ3v) is 4.42. The lowest BCUT2D eigenvalue weighted by molar-refractivity contribution is 0.197. The van der Waals surface area contributed by atoms with E-state index in [2.05, 4.69) is 57.1 Å². The van der Waals surface area contributed by atoms with E-state index in [0.717, 1.165) is 5.92 Å². The fourth-order valence-corrected chi connectivity index (χ4v) is 3.37. The van der Waals surface area contributed by atoms with E-state index < -0.39 is 0 Å². The molecule has 1 N–H and O–H groups in total. The number of hydrogen-bond acceptors (Lipinski definition) is 2. The molecule has 0 aliphatic carbocycles. The van der Waals surface area contributed by atoms with Crippen LogP contribution < -0.4 is 5.32 Å². The SMILES string of the molecule is Cc1cc(C)c(NC(C)C2CCCN(C)C2)c(C)c1. The van der Waals surface area contributed by atoms with Crippen molar-refractivity contribution < 1.29 is 0 Å². The summed E-state index contributed by atoms with van der Waals surface area (Å²) in [5.41, 5.74) is 5.43. The van der Waals surface area contributed by atoms with Crippen LogP contribution >= 0.6 is 0 Å². The molecule has 2 nitrogen and oxygen atoms in total. The molecule has 1 fully saturated rings. The Hall–Kier alpha value is -1.02. The topological polar surface area (TPSA) is 15.3 Å². The van der Waals surface area contributed by atoms with Gasteiger partial charge in [0.25, 0.3) is 0 Å². The molecule has 0 spiro atoms. The highest BCUT2D eigenvalue weighted by molar-refractivity contribution is 5.58. The number of anilines is 1. The zero-order valence-electron chi connectivity index (χ0n) is 13.1. The molecule has 2 unspecified atom stereocenters. The fraction of sp³-hybridized carbons (Fsp3) is 0.647. The van der Waals surface area contributed by atoms with Crippen LogP contribution in [-0.2, 0) is 0 Å². The van der Waals surface area contributed by atoms with Crippen LogP contribution in [0.1, 0.15) is 36.5 Å². The average molecular weight is 260 g/mol. The van der Waals surface area contributed by atoms with Crippen molar-refractivity contribution in [2.75, 3.05) is 25.5 Å². The van der Waals surface area contributed by atoms with Gasteiger partial charge in [-0.25, -0.2) is 0 Å². The Kier molecular flexibility index (Phi) is 4.51. The summed E-state index contributed by atoms with van der Waals surface area (Å²) >= 11 is 0. The van der Waals surface area contributed by atoms with Gasteiger partial charge < -0.3 is 10.2 Å². The number of benzene rings is 1. The first-order valence-corrected chi connectivity index (χ1v) is 7.50. The molecule has 1 aliphatic heterocycles. The summed E-state index contributed by atoms with van der Waals surface area (Å²) in [6, 6.07) is 5.09. The largest absolute Gasteiger partial charge is 0.382 e. The van der Waals surface area contributed by atoms with E-state index in [-0.39, 0.29) is 0 Å². The third kappa shape index (κ3) is 3.50. The van der Waals surface area contributed by atoms with Gasteiger partial charge in [-0.1, -0.05) is 17.7 Å². The maximum atomic E-state index is 3.77. The summed E-state index contributed by atoms with van der Waals surface area (Å²) in [6.45, 7) is 11.4. The third-order valence-electron chi connectivity index (χ3n) is 4.42. The van der Waals surface area contributed by atoms with Crippen molar-refractivity contribution in [3.05, 3.63) is 28.8 Å². The second kappa shape index (κ2) is 5.96. The summed E-state index contributed by atoms with van der Waals surface area (Å²) in [5.74, 6) is 0.763. The van der Waals surface area contributed by atoms with E-state index in [1.165, 1.54) is 48.3 Å². The number of nitrogens with zero attached hydrogens (tertiary/aromatic N) is 1. The fourth-order valence-electron chi connectivity index (χ4n) is 3.37. The normalized spacial score (nSPS) is 22.3. The minimum absolute atomic E-state index is 0.544. The minimum atomic E-state index is 0.544. The lowest BCUT2D eigenvalue weighted by Gasteiger charge is -2.34. The van der Waals surface area contributed by atoms with Gasteiger partial charge >= 0.3 is 0 Å². The van der Waals surface area contributed by atoms with Crippen molar-refractivity contribution in [1.29, 1.82) is 0 Å². The monoisotopic (exact) mass is 260 g/mol. The molecule has 0 bridgehead atoms. The second-order valence-corrected chi connectivity index (χ2v) is 6.37. The first kappa shape index (κ1) is 14.4. The summed E-state index contributed by atoms with van der Waals surface area (Å²) in [6.07, 6.45) is 2.68. The Morgan fingerprint density at radius 1 is 1.21 bits per heavy atom. The number of hydrogen-bond donors (Lipinski definition) is 1. The van der Waals surface area contributed by atoms with Gasteiger partial charge in [0.1, 0.15) is 0 Å². The number of rotatable bonds is 3. The van der Waals surface area contributed by atoms with Crippen LogP contribution in [0.25, 0.3) is 0 Å². The molecule has 1 aliphatic rings. The molecule has 0 radical (unpaired) electrons. The maximum Gasteiger partial charge on any atom is 0.0401 e. The molecular formula is C17H28N2. The first-order valence-electron chi connectivity index (χ1n) is 7.50. The molecule has 106 valence electrons. The lowest BCUT2D eigenvalue weighted by atomic mass is 9.91. The van der Waals surface area contributed by atoms with Crippen molar-refractivity contribution in [3.8, 4) is 0 Å². The standard InChI is InChI=1S/C17H28N2/c1-12-9-13(2)17(14(3)10-12)18-15(4)16-7-6-8-19(5)11-16/h9-10,15-16,18H,6-8,11H2,1-5H3. The minimum Gasteiger partial charge on any atom is -0.382 e. The van der Waals surface area contributed by atoms with Crippen LogP contribution in [-0.4, -0.2) is 31.1 Å². The Bertz CT molecular complexity index is 416. The highest BCUT2D eigenvalue weighted by Crippen LogP contribution is 2.26. The van der Waals surface area contributed by atoms with E-state index >= 15 is 0 Å². The Balaban J connectivity index is 2.08. The predicted octanol–water partition coefficient (Wildman–Crippen LogP) is 3.75. The van der Waals surface area contributed by atoms with Crippen molar-refractivity contribution in [1.82, 2.24) is 4.90 Å². The average Bonchev–Trinajstić information content (AvgIpc) is 2.33. The van der Waals surface area contributed by atoms with Crippen LogP contribution in [0.2, 0.25) is 0 Å². The van der Waals surface area contributed by atoms with Gasteiger partial charge in [0.2, 0.25) is 0 Å². The number of aryl methyl sites for hydroxylation is 3. The Labute approximate surface area is 118 Å². The van der Waals surface area contributed by atoms with Crippen LogP contribution in [0.4, 0.5) is 5.69 Å². The van der Waals surface area contributed by atoms with Gasteiger partial charge in [0, 0.05) is 18.3 Å². The smallest absolute Gasteiger partial charge is 0.0401 e. The van der Waals surface area contributed by atoms with E-state index in [9.17, 15) is 0 Å². The van der Waals surface area contributed by atoms with E-state index in [0.29, 0.717) is 6.04 Å². The molecule has 2 rings (SSSR count). The highest BCUT2D eigenvalue weighted by atomic mass is 15.1. The molecule has 19 heavy (non-hydrogen) atoms. The predicted molar refractivity (Wildman–Crippen MR) is 84.0 cm³/mol. The summed E-state index contributed by atoms with van der Waals surface area (Å²) in [5, 5.41) is 3.77. The quantitative estimate of drug-likeness (QED) is 0.890. The molecule has 2 atom stereocenters. The Morgan fingerprint density at radius 2 is 1.84 bits per heavy atom. The molecule has 0 aromatic heterocycles. The van der Waals surface area contributed by atoms with E-state index in [1.807, 2.05) is 0 Å². The molecule has 1 aromatic carbocycles. The van der Waals surface area contributed by atoms with E-state index in [1.54, 1.807) is 0 Å². The van der Waals surface area contributed by atoms with Crippen molar-refractivity contribution in [2.24, 2.45) is 5.92 Å². The van der Waals surface area contributed by atoms with Gasteiger partial charge in [0.15, 0.2) is 0 Å².